The van der Waals surface area contributed by atoms with E-state index in [1.54, 1.807) is 24.7 Å². The standard InChI is InChI=1S/C15H20ClN3O2/c1-12(9-19-7-6-17-11-19)18-8-13(20)10-21-15-5-3-2-4-14(15)16/h2-7,11-13,18,20H,8-10H2,1H3. The highest BCUT2D eigenvalue weighted by atomic mass is 35.5. The van der Waals surface area contributed by atoms with Crippen LogP contribution in [0.3, 0.4) is 0 Å². The van der Waals surface area contributed by atoms with Gasteiger partial charge in [0, 0.05) is 31.5 Å². The highest BCUT2D eigenvalue weighted by Crippen LogP contribution is 2.22. The SMILES string of the molecule is CC(Cn1ccnc1)NCC(O)COc1ccccc1Cl. The van der Waals surface area contributed by atoms with Crippen molar-refractivity contribution in [3.05, 3.63) is 48.0 Å². The molecule has 5 nitrogen and oxygen atoms in total. The Hall–Kier alpha value is -1.56. The van der Waals surface area contributed by atoms with Crippen LogP contribution < -0.4 is 10.1 Å². The number of imidazole rings is 1. The van der Waals surface area contributed by atoms with Gasteiger partial charge >= 0.3 is 0 Å². The van der Waals surface area contributed by atoms with E-state index in [9.17, 15) is 5.11 Å². The van der Waals surface area contributed by atoms with E-state index in [4.69, 9.17) is 16.3 Å². The molecule has 0 spiro atoms. The second-order valence-corrected chi connectivity index (χ2v) is 5.37. The first-order valence-corrected chi connectivity index (χ1v) is 7.27. The van der Waals surface area contributed by atoms with Gasteiger partial charge in [0.2, 0.25) is 0 Å². The molecule has 0 aliphatic heterocycles. The molecule has 2 rings (SSSR count). The minimum atomic E-state index is -0.591. The minimum absolute atomic E-state index is 0.203. The number of para-hydroxylation sites is 1. The van der Waals surface area contributed by atoms with E-state index in [1.165, 1.54) is 0 Å². The summed E-state index contributed by atoms with van der Waals surface area (Å²) in [6, 6.07) is 7.46. The second-order valence-electron chi connectivity index (χ2n) is 4.96. The molecule has 0 saturated carbocycles. The summed E-state index contributed by atoms with van der Waals surface area (Å²) in [6.45, 7) is 3.52. The molecule has 1 aromatic carbocycles. The number of halogens is 1. The average molecular weight is 310 g/mol. The summed E-state index contributed by atoms with van der Waals surface area (Å²) in [5.41, 5.74) is 0. The first kappa shape index (κ1) is 15.8. The molecule has 2 aromatic rings. The van der Waals surface area contributed by atoms with Crippen molar-refractivity contribution in [1.82, 2.24) is 14.9 Å². The lowest BCUT2D eigenvalue weighted by Gasteiger charge is -2.18. The zero-order valence-corrected chi connectivity index (χ0v) is 12.7. The van der Waals surface area contributed by atoms with Crippen LogP contribution in [0.5, 0.6) is 5.75 Å². The van der Waals surface area contributed by atoms with E-state index < -0.39 is 6.10 Å². The Labute approximate surface area is 129 Å². The first-order valence-electron chi connectivity index (χ1n) is 6.89. The van der Waals surface area contributed by atoms with Crippen LogP contribution in [-0.2, 0) is 6.54 Å². The molecule has 2 unspecified atom stereocenters. The van der Waals surface area contributed by atoms with Crippen molar-refractivity contribution in [2.75, 3.05) is 13.2 Å². The van der Waals surface area contributed by atoms with E-state index in [0.717, 1.165) is 6.54 Å². The van der Waals surface area contributed by atoms with Gasteiger partial charge in [-0.25, -0.2) is 4.98 Å². The Bertz CT molecular complexity index is 533. The number of benzene rings is 1. The lowest BCUT2D eigenvalue weighted by atomic mass is 10.3. The fraction of sp³-hybridized carbons (Fsp3) is 0.400. The smallest absolute Gasteiger partial charge is 0.138 e. The Balaban J connectivity index is 1.67. The normalized spacial score (nSPS) is 13.9. The molecule has 0 bridgehead atoms. The van der Waals surface area contributed by atoms with Crippen LogP contribution in [0.2, 0.25) is 5.02 Å². The van der Waals surface area contributed by atoms with Crippen molar-refractivity contribution in [3.8, 4) is 5.75 Å². The van der Waals surface area contributed by atoms with Crippen molar-refractivity contribution < 1.29 is 9.84 Å². The molecule has 114 valence electrons. The van der Waals surface area contributed by atoms with Crippen LogP contribution in [0.25, 0.3) is 0 Å². The Morgan fingerprint density at radius 1 is 1.43 bits per heavy atom. The topological polar surface area (TPSA) is 59.3 Å². The van der Waals surface area contributed by atoms with Gasteiger partial charge in [-0.3, -0.25) is 0 Å². The highest BCUT2D eigenvalue weighted by molar-refractivity contribution is 6.32. The van der Waals surface area contributed by atoms with Gasteiger partial charge < -0.3 is 19.7 Å². The van der Waals surface area contributed by atoms with Gasteiger partial charge in [-0.15, -0.1) is 0 Å². The van der Waals surface area contributed by atoms with Crippen molar-refractivity contribution in [2.45, 2.75) is 25.6 Å². The maximum atomic E-state index is 9.93. The number of rotatable bonds is 8. The van der Waals surface area contributed by atoms with Gasteiger partial charge in [-0.05, 0) is 19.1 Å². The molecule has 0 radical (unpaired) electrons. The van der Waals surface area contributed by atoms with Crippen molar-refractivity contribution >= 4 is 11.6 Å². The lowest BCUT2D eigenvalue weighted by molar-refractivity contribution is 0.103. The summed E-state index contributed by atoms with van der Waals surface area (Å²) in [5.74, 6) is 0.588. The van der Waals surface area contributed by atoms with E-state index in [2.05, 4.69) is 17.2 Å². The van der Waals surface area contributed by atoms with Crippen molar-refractivity contribution in [1.29, 1.82) is 0 Å². The second kappa shape index (κ2) is 8.02. The summed E-state index contributed by atoms with van der Waals surface area (Å²) in [5, 5.41) is 13.7. The maximum Gasteiger partial charge on any atom is 0.138 e. The number of aliphatic hydroxyl groups is 1. The molecule has 0 saturated heterocycles. The predicted molar refractivity (Wildman–Crippen MR) is 82.6 cm³/mol. The molecule has 21 heavy (non-hydrogen) atoms. The molecule has 0 fully saturated rings. The minimum Gasteiger partial charge on any atom is -0.489 e. The number of aromatic nitrogens is 2. The summed E-state index contributed by atoms with van der Waals surface area (Å²) >= 11 is 5.98. The summed E-state index contributed by atoms with van der Waals surface area (Å²) in [4.78, 5) is 4.00. The fourth-order valence-corrected chi connectivity index (χ4v) is 2.11. The number of ether oxygens (including phenoxy) is 1. The molecule has 0 amide bonds. The average Bonchev–Trinajstić information content (AvgIpc) is 2.97. The zero-order chi connectivity index (χ0) is 15.1. The molecule has 1 aromatic heterocycles. The Morgan fingerprint density at radius 3 is 2.95 bits per heavy atom. The van der Waals surface area contributed by atoms with Crippen LogP contribution in [0, 0.1) is 0 Å². The monoisotopic (exact) mass is 309 g/mol. The summed E-state index contributed by atoms with van der Waals surface area (Å²) in [6.07, 6.45) is 4.84. The number of hydrogen-bond donors (Lipinski definition) is 2. The number of hydrogen-bond acceptors (Lipinski definition) is 4. The van der Waals surface area contributed by atoms with Gasteiger partial charge in [0.05, 0.1) is 11.3 Å². The third-order valence-corrected chi connectivity index (χ3v) is 3.33. The molecule has 1 heterocycles. The van der Waals surface area contributed by atoms with Gasteiger partial charge in [0.25, 0.3) is 0 Å². The van der Waals surface area contributed by atoms with Crippen LogP contribution in [-0.4, -0.2) is 40.0 Å². The molecule has 0 aliphatic rings. The van der Waals surface area contributed by atoms with E-state index >= 15 is 0 Å². The molecule has 2 atom stereocenters. The molecule has 2 N–H and O–H groups in total. The van der Waals surface area contributed by atoms with Gasteiger partial charge in [0.15, 0.2) is 0 Å². The lowest BCUT2D eigenvalue weighted by Crippen LogP contribution is -2.38. The quantitative estimate of drug-likeness (QED) is 0.782. The van der Waals surface area contributed by atoms with Gasteiger partial charge in [-0.1, -0.05) is 23.7 Å². The number of nitrogens with zero attached hydrogens (tertiary/aromatic N) is 2. The highest BCUT2D eigenvalue weighted by Gasteiger charge is 2.09. The third kappa shape index (κ3) is 5.38. The molecule has 6 heteroatoms. The molecular weight excluding hydrogens is 290 g/mol. The predicted octanol–water partition coefficient (Wildman–Crippen LogP) is 1.95. The number of nitrogens with one attached hydrogen (secondary N) is 1. The van der Waals surface area contributed by atoms with Crippen LogP contribution in [0.15, 0.2) is 43.0 Å². The largest absolute Gasteiger partial charge is 0.489 e. The third-order valence-electron chi connectivity index (χ3n) is 3.01. The number of aliphatic hydroxyl groups excluding tert-OH is 1. The summed E-state index contributed by atoms with van der Waals surface area (Å²) in [7, 11) is 0. The van der Waals surface area contributed by atoms with Crippen molar-refractivity contribution in [2.24, 2.45) is 0 Å². The van der Waals surface area contributed by atoms with E-state index in [0.29, 0.717) is 17.3 Å². The Morgan fingerprint density at radius 2 is 2.24 bits per heavy atom. The van der Waals surface area contributed by atoms with Gasteiger partial charge in [-0.2, -0.15) is 0 Å². The van der Waals surface area contributed by atoms with Crippen LogP contribution in [0.1, 0.15) is 6.92 Å². The van der Waals surface area contributed by atoms with Crippen LogP contribution >= 0.6 is 11.6 Å². The maximum absolute atomic E-state index is 9.93. The van der Waals surface area contributed by atoms with Gasteiger partial charge in [0.1, 0.15) is 18.5 Å². The van der Waals surface area contributed by atoms with Crippen molar-refractivity contribution in [3.63, 3.8) is 0 Å². The zero-order valence-electron chi connectivity index (χ0n) is 11.9. The molecular formula is C15H20ClN3O2. The van der Waals surface area contributed by atoms with Crippen LogP contribution in [0.4, 0.5) is 0 Å². The first-order chi connectivity index (χ1) is 10.1. The van der Waals surface area contributed by atoms with E-state index in [-0.39, 0.29) is 12.6 Å². The van der Waals surface area contributed by atoms with E-state index in [1.807, 2.05) is 22.9 Å². The Kier molecular flexibility index (Phi) is 6.04. The fourth-order valence-electron chi connectivity index (χ4n) is 1.92. The molecule has 0 aliphatic carbocycles. The summed E-state index contributed by atoms with van der Waals surface area (Å²) < 4.78 is 7.49.